The van der Waals surface area contributed by atoms with Crippen LogP contribution in [0.2, 0.25) is 0 Å². The Labute approximate surface area is 177 Å². The van der Waals surface area contributed by atoms with Crippen molar-refractivity contribution in [3.05, 3.63) is 23.8 Å². The highest BCUT2D eigenvalue weighted by atomic mass is 16.7. The average Bonchev–Trinajstić information content (AvgIpc) is 3.33. The quantitative estimate of drug-likeness (QED) is 0.482. The minimum absolute atomic E-state index is 0.122. The van der Waals surface area contributed by atoms with Crippen molar-refractivity contribution in [2.24, 2.45) is 4.99 Å². The SMILES string of the molecule is CC(=O)OC[C@H]1O[C@@H]2N=C(c3ccc4c(c3)OCO4)O[C@@H]2[C@@H](OC(C)=O)[C@H]1OC(C)=O. The Morgan fingerprint density at radius 2 is 1.71 bits per heavy atom. The van der Waals surface area contributed by atoms with Gasteiger partial charge < -0.3 is 33.2 Å². The molecule has 5 atom stereocenters. The normalized spacial score (nSPS) is 28.1. The van der Waals surface area contributed by atoms with E-state index in [1.165, 1.54) is 20.8 Å². The monoisotopic (exact) mass is 435 g/mol. The molecule has 4 rings (SSSR count). The molecule has 0 amide bonds. The van der Waals surface area contributed by atoms with Gasteiger partial charge in [-0.25, -0.2) is 4.99 Å². The third-order valence-corrected chi connectivity index (χ3v) is 4.78. The lowest BCUT2D eigenvalue weighted by molar-refractivity contribution is -0.236. The van der Waals surface area contributed by atoms with Gasteiger partial charge in [0.25, 0.3) is 0 Å². The summed E-state index contributed by atoms with van der Waals surface area (Å²) in [5.74, 6) is -0.378. The molecule has 3 aliphatic heterocycles. The Morgan fingerprint density at radius 3 is 2.42 bits per heavy atom. The van der Waals surface area contributed by atoms with E-state index >= 15 is 0 Å². The highest BCUT2D eigenvalue weighted by Crippen LogP contribution is 2.37. The van der Waals surface area contributed by atoms with E-state index in [1.807, 2.05) is 0 Å². The molecule has 0 aliphatic carbocycles. The first kappa shape index (κ1) is 20.9. The fourth-order valence-electron chi connectivity index (χ4n) is 3.56. The summed E-state index contributed by atoms with van der Waals surface area (Å²) in [6, 6.07) is 5.17. The van der Waals surface area contributed by atoms with Crippen LogP contribution in [0.1, 0.15) is 26.3 Å². The van der Waals surface area contributed by atoms with Crippen molar-refractivity contribution in [1.82, 2.24) is 0 Å². The van der Waals surface area contributed by atoms with Crippen molar-refractivity contribution in [1.29, 1.82) is 0 Å². The molecule has 0 N–H and O–H groups in total. The fraction of sp³-hybridized carbons (Fsp3) is 0.500. The molecule has 0 saturated carbocycles. The van der Waals surface area contributed by atoms with Gasteiger partial charge in [-0.15, -0.1) is 0 Å². The Bertz CT molecular complexity index is 929. The standard InChI is InChI=1S/C20H21NO10/c1-9(22)25-7-15-16(28-10(2)23)17(29-11(3)24)18-20(30-15)21-19(31-18)12-4-5-13-14(6-12)27-8-26-13/h4-6,15-18,20H,7-8H2,1-3H3/t15-,16+,17+,18-,20+/m1/s1. The second-order valence-electron chi connectivity index (χ2n) is 7.10. The Kier molecular flexibility index (Phi) is 5.68. The predicted octanol–water partition coefficient (Wildman–Crippen LogP) is 0.712. The van der Waals surface area contributed by atoms with Crippen molar-refractivity contribution in [2.45, 2.75) is 51.4 Å². The van der Waals surface area contributed by atoms with E-state index in [4.69, 9.17) is 33.2 Å². The minimum atomic E-state index is -1.06. The number of esters is 3. The maximum Gasteiger partial charge on any atom is 0.303 e. The van der Waals surface area contributed by atoms with Gasteiger partial charge in [0.2, 0.25) is 12.7 Å². The summed E-state index contributed by atoms with van der Waals surface area (Å²) in [6.07, 6.45) is -4.76. The van der Waals surface area contributed by atoms with E-state index in [1.54, 1.807) is 18.2 Å². The second-order valence-corrected chi connectivity index (χ2v) is 7.10. The van der Waals surface area contributed by atoms with Crippen molar-refractivity contribution in [3.63, 3.8) is 0 Å². The number of hydrogen-bond donors (Lipinski definition) is 0. The first-order valence-corrected chi connectivity index (χ1v) is 9.59. The molecule has 0 bridgehead atoms. The fourth-order valence-corrected chi connectivity index (χ4v) is 3.56. The molecule has 1 fully saturated rings. The lowest BCUT2D eigenvalue weighted by Gasteiger charge is -2.40. The molecule has 31 heavy (non-hydrogen) atoms. The second kappa shape index (κ2) is 8.42. The smallest absolute Gasteiger partial charge is 0.303 e. The van der Waals surface area contributed by atoms with Crippen LogP contribution in [0.4, 0.5) is 0 Å². The maximum absolute atomic E-state index is 11.8. The lowest BCUT2D eigenvalue weighted by atomic mass is 9.98. The minimum Gasteiger partial charge on any atom is -0.465 e. The molecule has 0 unspecified atom stereocenters. The zero-order chi connectivity index (χ0) is 22.1. The largest absolute Gasteiger partial charge is 0.465 e. The van der Waals surface area contributed by atoms with E-state index in [0.717, 1.165) is 0 Å². The molecule has 166 valence electrons. The zero-order valence-electron chi connectivity index (χ0n) is 17.1. The van der Waals surface area contributed by atoms with E-state index in [-0.39, 0.29) is 19.3 Å². The van der Waals surface area contributed by atoms with Crippen LogP contribution in [0.25, 0.3) is 0 Å². The molecule has 1 aromatic carbocycles. The van der Waals surface area contributed by atoms with Gasteiger partial charge in [-0.3, -0.25) is 14.4 Å². The molecule has 0 radical (unpaired) electrons. The number of rotatable bonds is 5. The van der Waals surface area contributed by atoms with Gasteiger partial charge in [0, 0.05) is 26.3 Å². The molecule has 0 spiro atoms. The molecular formula is C20H21NO10. The number of carbonyl (C=O) groups excluding carboxylic acids is 3. The number of nitrogens with zero attached hydrogens (tertiary/aromatic N) is 1. The van der Waals surface area contributed by atoms with Crippen LogP contribution in [0, 0.1) is 0 Å². The molecule has 3 heterocycles. The lowest BCUT2D eigenvalue weighted by Crippen LogP contribution is -2.60. The van der Waals surface area contributed by atoms with Crippen LogP contribution in [0.15, 0.2) is 23.2 Å². The molecule has 11 heteroatoms. The van der Waals surface area contributed by atoms with Crippen molar-refractivity contribution < 1.29 is 47.5 Å². The first-order valence-electron chi connectivity index (χ1n) is 9.59. The van der Waals surface area contributed by atoms with Crippen LogP contribution >= 0.6 is 0 Å². The molecule has 3 aliphatic rings. The van der Waals surface area contributed by atoms with Crippen LogP contribution in [-0.4, -0.2) is 67.8 Å². The first-order chi connectivity index (χ1) is 14.8. The summed E-state index contributed by atoms with van der Waals surface area (Å²) in [5.41, 5.74) is 0.601. The number of benzene rings is 1. The number of ether oxygens (including phenoxy) is 7. The van der Waals surface area contributed by atoms with Crippen LogP contribution in [0.5, 0.6) is 11.5 Å². The summed E-state index contributed by atoms with van der Waals surface area (Å²) in [5, 5.41) is 0. The van der Waals surface area contributed by atoms with Gasteiger partial charge >= 0.3 is 17.9 Å². The Balaban J connectivity index is 1.62. The van der Waals surface area contributed by atoms with Crippen molar-refractivity contribution >= 4 is 23.8 Å². The highest BCUT2D eigenvalue weighted by molar-refractivity contribution is 5.96. The van der Waals surface area contributed by atoms with Crippen molar-refractivity contribution in [3.8, 4) is 11.5 Å². The maximum atomic E-state index is 11.8. The average molecular weight is 435 g/mol. The summed E-state index contributed by atoms with van der Waals surface area (Å²) in [4.78, 5) is 39.2. The van der Waals surface area contributed by atoms with E-state index in [0.29, 0.717) is 17.1 Å². The molecule has 11 nitrogen and oxygen atoms in total. The van der Waals surface area contributed by atoms with E-state index in [9.17, 15) is 14.4 Å². The third-order valence-electron chi connectivity index (χ3n) is 4.78. The van der Waals surface area contributed by atoms with Gasteiger partial charge in [-0.1, -0.05) is 0 Å². The summed E-state index contributed by atoms with van der Waals surface area (Å²) in [7, 11) is 0. The number of aliphatic imine (C=N–C) groups is 1. The summed E-state index contributed by atoms with van der Waals surface area (Å²) in [6.45, 7) is 3.58. The Morgan fingerprint density at radius 1 is 1.00 bits per heavy atom. The third kappa shape index (κ3) is 4.41. The van der Waals surface area contributed by atoms with Crippen LogP contribution < -0.4 is 9.47 Å². The molecule has 1 aromatic rings. The highest BCUT2D eigenvalue weighted by Gasteiger charge is 2.54. The number of fused-ring (bicyclic) bond motifs is 2. The van der Waals surface area contributed by atoms with Gasteiger partial charge in [-0.2, -0.15) is 0 Å². The van der Waals surface area contributed by atoms with E-state index in [2.05, 4.69) is 4.99 Å². The Hall–Kier alpha value is -3.34. The summed E-state index contributed by atoms with van der Waals surface area (Å²) >= 11 is 0. The zero-order valence-corrected chi connectivity index (χ0v) is 17.1. The van der Waals surface area contributed by atoms with Gasteiger partial charge in [0.05, 0.1) is 0 Å². The predicted molar refractivity (Wildman–Crippen MR) is 100 cm³/mol. The van der Waals surface area contributed by atoms with Crippen LogP contribution in [0.3, 0.4) is 0 Å². The van der Waals surface area contributed by atoms with Gasteiger partial charge in [0.15, 0.2) is 36.0 Å². The van der Waals surface area contributed by atoms with Crippen molar-refractivity contribution in [2.75, 3.05) is 13.4 Å². The number of carbonyl (C=O) groups is 3. The summed E-state index contributed by atoms with van der Waals surface area (Å²) < 4.78 is 38.4. The van der Waals surface area contributed by atoms with Crippen LogP contribution in [-0.2, 0) is 38.1 Å². The molecule has 0 aromatic heterocycles. The van der Waals surface area contributed by atoms with Gasteiger partial charge in [0.1, 0.15) is 12.7 Å². The molecular weight excluding hydrogens is 414 g/mol. The number of hydrogen-bond acceptors (Lipinski definition) is 11. The van der Waals surface area contributed by atoms with Gasteiger partial charge in [-0.05, 0) is 18.2 Å². The topological polar surface area (TPSA) is 128 Å². The molecule has 1 saturated heterocycles. The van der Waals surface area contributed by atoms with E-state index < -0.39 is 48.6 Å².